The summed E-state index contributed by atoms with van der Waals surface area (Å²) < 4.78 is 5.51. The van der Waals surface area contributed by atoms with E-state index in [1.165, 1.54) is 16.2 Å². The standard InChI is InChI=1S/C21H22N2O4S/c1-14-6-8-22(9-7-14)19(24)12-23-16-11-15(21(26)18-3-2-10-28-18)4-5-17(16)27-13-20(23)25/h2-5,10-11,14H,6-9,12-13H2,1H3. The fourth-order valence-electron chi connectivity index (χ4n) is 3.56. The van der Waals surface area contributed by atoms with Crippen LogP contribution in [0.2, 0.25) is 0 Å². The van der Waals surface area contributed by atoms with Gasteiger partial charge >= 0.3 is 0 Å². The Morgan fingerprint density at radius 1 is 1.21 bits per heavy atom. The van der Waals surface area contributed by atoms with Gasteiger partial charge in [-0.25, -0.2) is 0 Å². The lowest BCUT2D eigenvalue weighted by molar-refractivity contribution is -0.133. The normalized spacial score (nSPS) is 17.2. The summed E-state index contributed by atoms with van der Waals surface area (Å²) in [6.07, 6.45) is 1.97. The van der Waals surface area contributed by atoms with Gasteiger partial charge in [-0.2, -0.15) is 0 Å². The van der Waals surface area contributed by atoms with E-state index in [9.17, 15) is 14.4 Å². The van der Waals surface area contributed by atoms with Gasteiger partial charge in [0, 0.05) is 18.7 Å². The van der Waals surface area contributed by atoms with Crippen molar-refractivity contribution in [3.05, 3.63) is 46.2 Å². The Balaban J connectivity index is 1.57. The van der Waals surface area contributed by atoms with Gasteiger partial charge in [-0.3, -0.25) is 19.3 Å². The van der Waals surface area contributed by atoms with Gasteiger partial charge in [0.05, 0.1) is 10.6 Å². The van der Waals surface area contributed by atoms with E-state index in [1.54, 1.807) is 24.3 Å². The molecule has 1 aromatic carbocycles. The number of hydrogen-bond acceptors (Lipinski definition) is 5. The molecule has 7 heteroatoms. The number of hydrogen-bond donors (Lipinski definition) is 0. The molecule has 1 aromatic heterocycles. The zero-order valence-electron chi connectivity index (χ0n) is 15.7. The SMILES string of the molecule is CC1CCN(C(=O)CN2C(=O)COc3ccc(C(=O)c4cccs4)cc32)CC1. The van der Waals surface area contributed by atoms with Crippen LogP contribution >= 0.6 is 11.3 Å². The van der Waals surface area contributed by atoms with Crippen LogP contribution in [-0.4, -0.2) is 48.7 Å². The Kier molecular flexibility index (Phi) is 5.17. The summed E-state index contributed by atoms with van der Waals surface area (Å²) in [6.45, 7) is 3.51. The van der Waals surface area contributed by atoms with Gasteiger partial charge in [0.2, 0.25) is 11.7 Å². The second kappa shape index (κ2) is 7.75. The first kappa shape index (κ1) is 18.7. The number of ether oxygens (including phenoxy) is 1. The number of benzene rings is 1. The minimum atomic E-state index is -0.271. The maximum atomic E-state index is 12.8. The average molecular weight is 398 g/mol. The molecule has 0 radical (unpaired) electrons. The number of thiophene rings is 1. The highest BCUT2D eigenvalue weighted by Gasteiger charge is 2.30. The molecule has 146 valence electrons. The third-order valence-electron chi connectivity index (χ3n) is 5.34. The molecular formula is C21H22N2O4S. The van der Waals surface area contributed by atoms with Gasteiger partial charge in [0.15, 0.2) is 6.61 Å². The van der Waals surface area contributed by atoms with Crippen LogP contribution in [0.1, 0.15) is 35.0 Å². The van der Waals surface area contributed by atoms with Crippen LogP contribution in [0.3, 0.4) is 0 Å². The van der Waals surface area contributed by atoms with Crippen molar-refractivity contribution in [2.24, 2.45) is 5.92 Å². The van der Waals surface area contributed by atoms with E-state index in [0.29, 0.717) is 27.8 Å². The molecule has 3 heterocycles. The Bertz CT molecular complexity index is 901. The third-order valence-corrected chi connectivity index (χ3v) is 6.21. The third kappa shape index (κ3) is 3.67. The van der Waals surface area contributed by atoms with Crippen LogP contribution in [0.15, 0.2) is 35.7 Å². The lowest BCUT2D eigenvalue weighted by Crippen LogP contribution is -2.48. The van der Waals surface area contributed by atoms with E-state index in [0.717, 1.165) is 25.9 Å². The van der Waals surface area contributed by atoms with Gasteiger partial charge in [-0.1, -0.05) is 13.0 Å². The van der Waals surface area contributed by atoms with Crippen molar-refractivity contribution in [1.82, 2.24) is 4.90 Å². The van der Waals surface area contributed by atoms with Gasteiger partial charge < -0.3 is 9.64 Å². The van der Waals surface area contributed by atoms with Crippen molar-refractivity contribution in [2.45, 2.75) is 19.8 Å². The van der Waals surface area contributed by atoms with Crippen LogP contribution in [0, 0.1) is 5.92 Å². The first-order valence-electron chi connectivity index (χ1n) is 9.46. The Morgan fingerprint density at radius 2 is 2.00 bits per heavy atom. The number of likely N-dealkylation sites (tertiary alicyclic amines) is 1. The van der Waals surface area contributed by atoms with Crippen molar-refractivity contribution in [3.63, 3.8) is 0 Å². The fraction of sp³-hybridized carbons (Fsp3) is 0.381. The minimum Gasteiger partial charge on any atom is -0.482 e. The number of anilines is 1. The van der Waals surface area contributed by atoms with Gasteiger partial charge in [0.1, 0.15) is 12.3 Å². The second-order valence-corrected chi connectivity index (χ2v) is 8.27. The first-order valence-corrected chi connectivity index (χ1v) is 10.3. The largest absolute Gasteiger partial charge is 0.482 e. The number of amides is 2. The molecule has 6 nitrogen and oxygen atoms in total. The lowest BCUT2D eigenvalue weighted by Gasteiger charge is -2.34. The maximum absolute atomic E-state index is 12.8. The highest BCUT2D eigenvalue weighted by molar-refractivity contribution is 7.12. The molecule has 2 aromatic rings. The maximum Gasteiger partial charge on any atom is 0.265 e. The molecule has 1 fully saturated rings. The highest BCUT2D eigenvalue weighted by atomic mass is 32.1. The number of ketones is 1. The topological polar surface area (TPSA) is 66.9 Å². The van der Waals surface area contributed by atoms with Crippen LogP contribution < -0.4 is 9.64 Å². The van der Waals surface area contributed by atoms with Crippen LogP contribution in [0.5, 0.6) is 5.75 Å². The van der Waals surface area contributed by atoms with Crippen LogP contribution in [-0.2, 0) is 9.59 Å². The number of carbonyl (C=O) groups is 3. The molecule has 2 aliphatic rings. The Hall–Kier alpha value is -2.67. The molecule has 0 spiro atoms. The molecule has 0 unspecified atom stereocenters. The molecule has 2 amide bonds. The zero-order chi connectivity index (χ0) is 19.7. The molecule has 2 aliphatic heterocycles. The number of carbonyl (C=O) groups excluding carboxylic acids is 3. The summed E-state index contributed by atoms with van der Waals surface area (Å²) in [5, 5.41) is 1.85. The van der Waals surface area contributed by atoms with E-state index in [1.807, 2.05) is 16.3 Å². The zero-order valence-corrected chi connectivity index (χ0v) is 16.5. The first-order chi connectivity index (χ1) is 13.5. The molecule has 4 rings (SSSR count). The Labute approximate surface area is 167 Å². The second-order valence-electron chi connectivity index (χ2n) is 7.32. The van der Waals surface area contributed by atoms with Crippen molar-refractivity contribution in [1.29, 1.82) is 0 Å². The average Bonchev–Trinajstić information content (AvgIpc) is 3.24. The quantitative estimate of drug-likeness (QED) is 0.743. The smallest absolute Gasteiger partial charge is 0.265 e. The van der Waals surface area contributed by atoms with Crippen molar-refractivity contribution in [2.75, 3.05) is 31.1 Å². The predicted molar refractivity (Wildman–Crippen MR) is 107 cm³/mol. The van der Waals surface area contributed by atoms with Crippen molar-refractivity contribution < 1.29 is 19.1 Å². The summed E-state index contributed by atoms with van der Waals surface area (Å²) in [6, 6.07) is 8.64. The summed E-state index contributed by atoms with van der Waals surface area (Å²) in [5.41, 5.74) is 0.959. The number of nitrogens with zero attached hydrogens (tertiary/aromatic N) is 2. The molecule has 28 heavy (non-hydrogen) atoms. The van der Waals surface area contributed by atoms with Gasteiger partial charge in [-0.05, 0) is 48.4 Å². The number of piperidine rings is 1. The molecule has 0 bridgehead atoms. The van der Waals surface area contributed by atoms with Crippen LogP contribution in [0.4, 0.5) is 5.69 Å². The highest BCUT2D eigenvalue weighted by Crippen LogP contribution is 2.34. The fourth-order valence-corrected chi connectivity index (χ4v) is 4.25. The van der Waals surface area contributed by atoms with Crippen molar-refractivity contribution in [3.8, 4) is 5.75 Å². The van der Waals surface area contributed by atoms with Crippen LogP contribution in [0.25, 0.3) is 0 Å². The Morgan fingerprint density at radius 3 is 2.71 bits per heavy atom. The molecule has 0 aliphatic carbocycles. The molecular weight excluding hydrogens is 376 g/mol. The molecule has 1 saturated heterocycles. The molecule has 0 N–H and O–H groups in total. The van der Waals surface area contributed by atoms with Crippen molar-refractivity contribution >= 4 is 34.6 Å². The number of fused-ring (bicyclic) bond motifs is 1. The molecule has 0 atom stereocenters. The van der Waals surface area contributed by atoms with Gasteiger partial charge in [0.25, 0.3) is 5.91 Å². The van der Waals surface area contributed by atoms with E-state index in [-0.39, 0.29) is 30.7 Å². The van der Waals surface area contributed by atoms with E-state index < -0.39 is 0 Å². The van der Waals surface area contributed by atoms with E-state index in [4.69, 9.17) is 4.74 Å². The summed E-state index contributed by atoms with van der Waals surface area (Å²) in [4.78, 5) is 41.8. The summed E-state index contributed by atoms with van der Waals surface area (Å²) in [7, 11) is 0. The minimum absolute atomic E-state index is 0.0276. The van der Waals surface area contributed by atoms with E-state index >= 15 is 0 Å². The number of rotatable bonds is 4. The summed E-state index contributed by atoms with van der Waals surface area (Å²) >= 11 is 1.37. The van der Waals surface area contributed by atoms with Gasteiger partial charge in [-0.15, -0.1) is 11.3 Å². The predicted octanol–water partition coefficient (Wildman–Crippen LogP) is 2.96. The summed E-state index contributed by atoms with van der Waals surface area (Å²) in [5.74, 6) is 0.699. The monoisotopic (exact) mass is 398 g/mol. The molecule has 0 saturated carbocycles. The van der Waals surface area contributed by atoms with E-state index in [2.05, 4.69) is 6.92 Å². The lowest BCUT2D eigenvalue weighted by atomic mass is 9.99.